The molecule has 0 atom stereocenters. The van der Waals surface area contributed by atoms with Crippen molar-refractivity contribution in [2.45, 2.75) is 13.8 Å². The highest BCUT2D eigenvalue weighted by Gasteiger charge is 1.99. The van der Waals surface area contributed by atoms with Crippen LogP contribution in [-0.2, 0) is 0 Å². The van der Waals surface area contributed by atoms with E-state index in [1.165, 1.54) is 0 Å². The summed E-state index contributed by atoms with van der Waals surface area (Å²) in [6.45, 7) is 3.98. The maximum atomic E-state index is 5.86. The first-order chi connectivity index (χ1) is 8.06. The summed E-state index contributed by atoms with van der Waals surface area (Å²) in [5.41, 5.74) is 17.4. The van der Waals surface area contributed by atoms with Crippen molar-refractivity contribution in [3.8, 4) is 0 Å². The van der Waals surface area contributed by atoms with Crippen LogP contribution in [0.25, 0.3) is 0 Å². The first-order valence-electron chi connectivity index (χ1n) is 5.55. The molecule has 0 aliphatic carbocycles. The Morgan fingerprint density at radius 3 is 1.53 bits per heavy atom. The standard InChI is InChI=1S/C14H17N3/c1-9-3-5-11(7-13(9)15)17-12-6-4-10(2)14(16)8-12/h3-8,17H,15-16H2,1-2H3. The van der Waals surface area contributed by atoms with Crippen LogP contribution in [0.5, 0.6) is 0 Å². The summed E-state index contributed by atoms with van der Waals surface area (Å²) in [4.78, 5) is 0. The summed E-state index contributed by atoms with van der Waals surface area (Å²) in [5, 5.41) is 3.28. The molecule has 0 radical (unpaired) electrons. The van der Waals surface area contributed by atoms with Gasteiger partial charge in [0.05, 0.1) is 0 Å². The van der Waals surface area contributed by atoms with E-state index >= 15 is 0 Å². The van der Waals surface area contributed by atoms with Gasteiger partial charge in [0.2, 0.25) is 0 Å². The van der Waals surface area contributed by atoms with Crippen molar-refractivity contribution in [2.24, 2.45) is 0 Å². The molecule has 0 aromatic heterocycles. The summed E-state index contributed by atoms with van der Waals surface area (Å²) >= 11 is 0. The second kappa shape index (κ2) is 4.37. The first-order valence-corrected chi connectivity index (χ1v) is 5.55. The van der Waals surface area contributed by atoms with Crippen LogP contribution in [-0.4, -0.2) is 0 Å². The number of nitrogen functional groups attached to an aromatic ring is 2. The maximum absolute atomic E-state index is 5.86. The molecule has 0 saturated carbocycles. The van der Waals surface area contributed by atoms with Gasteiger partial charge in [-0.15, -0.1) is 0 Å². The van der Waals surface area contributed by atoms with Gasteiger partial charge in [-0.2, -0.15) is 0 Å². The molecule has 0 bridgehead atoms. The number of nitrogens with two attached hydrogens (primary N) is 2. The zero-order chi connectivity index (χ0) is 12.4. The van der Waals surface area contributed by atoms with Crippen LogP contribution >= 0.6 is 0 Å². The van der Waals surface area contributed by atoms with E-state index in [1.807, 2.05) is 50.2 Å². The molecule has 0 saturated heterocycles. The predicted molar refractivity (Wildman–Crippen MR) is 74.5 cm³/mol. The Hall–Kier alpha value is -2.16. The van der Waals surface area contributed by atoms with E-state index in [1.54, 1.807) is 0 Å². The quantitative estimate of drug-likeness (QED) is 0.690. The van der Waals surface area contributed by atoms with Crippen molar-refractivity contribution in [3.63, 3.8) is 0 Å². The van der Waals surface area contributed by atoms with Gasteiger partial charge in [0, 0.05) is 22.7 Å². The van der Waals surface area contributed by atoms with E-state index in [-0.39, 0.29) is 0 Å². The van der Waals surface area contributed by atoms with Gasteiger partial charge in [-0.25, -0.2) is 0 Å². The van der Waals surface area contributed by atoms with Gasteiger partial charge in [-0.1, -0.05) is 12.1 Å². The molecule has 3 heteroatoms. The minimum Gasteiger partial charge on any atom is -0.398 e. The third-order valence-corrected chi connectivity index (χ3v) is 2.85. The van der Waals surface area contributed by atoms with Crippen molar-refractivity contribution in [1.82, 2.24) is 0 Å². The second-order valence-corrected chi connectivity index (χ2v) is 4.27. The van der Waals surface area contributed by atoms with Gasteiger partial charge < -0.3 is 16.8 Å². The Bertz CT molecular complexity index is 498. The number of hydrogen-bond donors (Lipinski definition) is 3. The van der Waals surface area contributed by atoms with Crippen LogP contribution in [0.3, 0.4) is 0 Å². The molecule has 17 heavy (non-hydrogen) atoms. The molecule has 0 amide bonds. The highest BCUT2D eigenvalue weighted by molar-refractivity contribution is 5.68. The lowest BCUT2D eigenvalue weighted by Gasteiger charge is -2.10. The molecule has 2 rings (SSSR count). The molecule has 2 aromatic rings. The van der Waals surface area contributed by atoms with E-state index in [0.29, 0.717) is 0 Å². The molecule has 88 valence electrons. The maximum Gasteiger partial charge on any atom is 0.0405 e. The fourth-order valence-corrected chi connectivity index (χ4v) is 1.60. The average molecular weight is 227 g/mol. The molecule has 2 aromatic carbocycles. The van der Waals surface area contributed by atoms with Crippen molar-refractivity contribution in [1.29, 1.82) is 0 Å². The molecular weight excluding hydrogens is 210 g/mol. The summed E-state index contributed by atoms with van der Waals surface area (Å²) < 4.78 is 0. The number of benzene rings is 2. The molecular formula is C14H17N3. The lowest BCUT2D eigenvalue weighted by molar-refractivity contribution is 1.43. The van der Waals surface area contributed by atoms with Gasteiger partial charge in [-0.3, -0.25) is 0 Å². The van der Waals surface area contributed by atoms with E-state index < -0.39 is 0 Å². The third kappa shape index (κ3) is 2.50. The van der Waals surface area contributed by atoms with Crippen LogP contribution in [0.15, 0.2) is 36.4 Å². The summed E-state index contributed by atoms with van der Waals surface area (Å²) in [6, 6.07) is 11.8. The minimum absolute atomic E-state index is 0.787. The fraction of sp³-hybridized carbons (Fsp3) is 0.143. The summed E-state index contributed by atoms with van der Waals surface area (Å²) in [6.07, 6.45) is 0. The van der Waals surface area contributed by atoms with Crippen molar-refractivity contribution >= 4 is 22.7 Å². The number of hydrogen-bond acceptors (Lipinski definition) is 3. The molecule has 5 N–H and O–H groups in total. The Morgan fingerprint density at radius 2 is 1.18 bits per heavy atom. The molecule has 0 heterocycles. The van der Waals surface area contributed by atoms with Crippen LogP contribution in [0, 0.1) is 13.8 Å². The van der Waals surface area contributed by atoms with Crippen LogP contribution < -0.4 is 16.8 Å². The van der Waals surface area contributed by atoms with E-state index in [9.17, 15) is 0 Å². The predicted octanol–water partition coefficient (Wildman–Crippen LogP) is 3.21. The lowest BCUT2D eigenvalue weighted by atomic mass is 10.1. The SMILES string of the molecule is Cc1ccc(Nc2ccc(C)c(N)c2)cc1N. The Labute approximate surface area is 101 Å². The average Bonchev–Trinajstić information content (AvgIpc) is 2.29. The summed E-state index contributed by atoms with van der Waals surface area (Å²) in [5.74, 6) is 0. The zero-order valence-corrected chi connectivity index (χ0v) is 10.1. The topological polar surface area (TPSA) is 64.1 Å². The highest BCUT2D eigenvalue weighted by atomic mass is 14.9. The van der Waals surface area contributed by atoms with Crippen molar-refractivity contribution < 1.29 is 0 Å². The lowest BCUT2D eigenvalue weighted by Crippen LogP contribution is -1.96. The normalized spacial score (nSPS) is 10.2. The van der Waals surface area contributed by atoms with Crippen molar-refractivity contribution in [3.05, 3.63) is 47.5 Å². The molecule has 0 aliphatic heterocycles. The third-order valence-electron chi connectivity index (χ3n) is 2.85. The molecule has 3 nitrogen and oxygen atoms in total. The number of anilines is 4. The largest absolute Gasteiger partial charge is 0.398 e. The second-order valence-electron chi connectivity index (χ2n) is 4.27. The van der Waals surface area contributed by atoms with E-state index in [2.05, 4.69) is 5.32 Å². The van der Waals surface area contributed by atoms with Gasteiger partial charge >= 0.3 is 0 Å². The van der Waals surface area contributed by atoms with Gasteiger partial charge in [0.15, 0.2) is 0 Å². The van der Waals surface area contributed by atoms with Crippen molar-refractivity contribution in [2.75, 3.05) is 16.8 Å². The number of rotatable bonds is 2. The zero-order valence-electron chi connectivity index (χ0n) is 10.1. The highest BCUT2D eigenvalue weighted by Crippen LogP contribution is 2.23. The molecule has 0 fully saturated rings. The van der Waals surface area contributed by atoms with Crippen LogP contribution in [0.4, 0.5) is 22.7 Å². The van der Waals surface area contributed by atoms with Crippen LogP contribution in [0.2, 0.25) is 0 Å². The Kier molecular flexibility index (Phi) is 2.91. The minimum atomic E-state index is 0.787. The van der Waals surface area contributed by atoms with E-state index in [0.717, 1.165) is 33.9 Å². The molecule has 0 spiro atoms. The van der Waals surface area contributed by atoms with Gasteiger partial charge in [-0.05, 0) is 49.2 Å². The Morgan fingerprint density at radius 1 is 0.765 bits per heavy atom. The Balaban J connectivity index is 2.25. The van der Waals surface area contributed by atoms with E-state index in [4.69, 9.17) is 11.5 Å². The smallest absolute Gasteiger partial charge is 0.0405 e. The first kappa shape index (κ1) is 11.3. The monoisotopic (exact) mass is 227 g/mol. The molecule has 0 unspecified atom stereocenters. The van der Waals surface area contributed by atoms with Crippen LogP contribution in [0.1, 0.15) is 11.1 Å². The fourth-order valence-electron chi connectivity index (χ4n) is 1.60. The summed E-state index contributed by atoms with van der Waals surface area (Å²) in [7, 11) is 0. The van der Waals surface area contributed by atoms with Gasteiger partial charge in [0.25, 0.3) is 0 Å². The number of aryl methyl sites for hydroxylation is 2. The number of nitrogens with one attached hydrogen (secondary N) is 1. The van der Waals surface area contributed by atoms with Gasteiger partial charge in [0.1, 0.15) is 0 Å². The molecule has 0 aliphatic rings.